The molecule has 0 saturated carbocycles. The van der Waals surface area contributed by atoms with Crippen LogP contribution in [0.5, 0.6) is 0 Å². The SMILES string of the molecule is Cc1ccc(C(F)(Cl)Cl)n1S. The molecule has 0 fully saturated rings. The molecular weight excluding hydrogens is 208 g/mol. The Morgan fingerprint density at radius 2 is 2.09 bits per heavy atom. The predicted octanol–water partition coefficient (Wildman–Crippen LogP) is 3.05. The zero-order valence-electron chi connectivity index (χ0n) is 5.68. The molecule has 62 valence electrons. The summed E-state index contributed by atoms with van der Waals surface area (Å²) >= 11 is 14.4. The fraction of sp³-hybridized carbons (Fsp3) is 0.333. The third kappa shape index (κ3) is 1.83. The quantitative estimate of drug-likeness (QED) is 0.541. The minimum atomic E-state index is -2.37. The molecule has 0 spiro atoms. The van der Waals surface area contributed by atoms with Crippen molar-refractivity contribution in [1.29, 1.82) is 0 Å². The van der Waals surface area contributed by atoms with E-state index in [9.17, 15) is 4.39 Å². The highest BCUT2D eigenvalue weighted by Gasteiger charge is 2.28. The lowest BCUT2D eigenvalue weighted by Gasteiger charge is -2.09. The highest BCUT2D eigenvalue weighted by molar-refractivity contribution is 7.78. The molecule has 0 bridgehead atoms. The van der Waals surface area contributed by atoms with Crippen molar-refractivity contribution in [3.05, 3.63) is 23.5 Å². The Labute approximate surface area is 79.6 Å². The third-order valence-electron chi connectivity index (χ3n) is 1.34. The molecule has 11 heavy (non-hydrogen) atoms. The topological polar surface area (TPSA) is 4.93 Å². The van der Waals surface area contributed by atoms with Crippen LogP contribution in [0.2, 0.25) is 0 Å². The van der Waals surface area contributed by atoms with Gasteiger partial charge in [0.15, 0.2) is 0 Å². The minimum Gasteiger partial charge on any atom is -0.290 e. The van der Waals surface area contributed by atoms with Gasteiger partial charge in [0.05, 0.1) is 5.69 Å². The van der Waals surface area contributed by atoms with E-state index in [0.29, 0.717) is 0 Å². The maximum absolute atomic E-state index is 12.9. The van der Waals surface area contributed by atoms with Crippen LogP contribution in [0.1, 0.15) is 11.4 Å². The summed E-state index contributed by atoms with van der Waals surface area (Å²) in [4.78, 5) is 0. The Morgan fingerprint density at radius 1 is 1.55 bits per heavy atom. The zero-order valence-corrected chi connectivity index (χ0v) is 8.09. The summed E-state index contributed by atoms with van der Waals surface area (Å²) in [7, 11) is 0. The van der Waals surface area contributed by atoms with Crippen LogP contribution >= 0.6 is 36.0 Å². The van der Waals surface area contributed by atoms with Crippen molar-refractivity contribution < 1.29 is 4.39 Å². The van der Waals surface area contributed by atoms with Crippen LogP contribution in [-0.2, 0) is 4.59 Å². The lowest BCUT2D eigenvalue weighted by atomic mass is 10.4. The van der Waals surface area contributed by atoms with Crippen LogP contribution in [0.3, 0.4) is 0 Å². The fourth-order valence-electron chi connectivity index (χ4n) is 0.745. The molecule has 1 rings (SSSR count). The Kier molecular flexibility index (Phi) is 2.42. The van der Waals surface area contributed by atoms with Gasteiger partial charge in [-0.25, -0.2) is 4.39 Å². The Hall–Kier alpha value is 0.140. The summed E-state index contributed by atoms with van der Waals surface area (Å²) in [5, 5.41) is 0. The zero-order chi connectivity index (χ0) is 8.65. The van der Waals surface area contributed by atoms with Gasteiger partial charge < -0.3 is 0 Å². The molecule has 5 heteroatoms. The van der Waals surface area contributed by atoms with Gasteiger partial charge in [-0.05, 0) is 19.1 Å². The van der Waals surface area contributed by atoms with E-state index in [2.05, 4.69) is 12.8 Å². The molecule has 1 heterocycles. The van der Waals surface area contributed by atoms with Gasteiger partial charge in [0, 0.05) is 5.69 Å². The lowest BCUT2D eigenvalue weighted by Crippen LogP contribution is -2.06. The van der Waals surface area contributed by atoms with E-state index in [1.54, 1.807) is 13.0 Å². The molecule has 0 radical (unpaired) electrons. The molecule has 1 nitrogen and oxygen atoms in total. The van der Waals surface area contributed by atoms with Crippen LogP contribution in [0.25, 0.3) is 0 Å². The third-order valence-corrected chi connectivity index (χ3v) is 2.25. The molecule has 0 aliphatic rings. The highest BCUT2D eigenvalue weighted by atomic mass is 35.5. The molecule has 0 saturated heterocycles. The van der Waals surface area contributed by atoms with Crippen molar-refractivity contribution in [3.8, 4) is 0 Å². The van der Waals surface area contributed by atoms with Gasteiger partial charge in [-0.2, -0.15) is 0 Å². The smallest absolute Gasteiger partial charge is 0.290 e. The van der Waals surface area contributed by atoms with Gasteiger partial charge in [0.2, 0.25) is 0 Å². The molecule has 0 aliphatic carbocycles. The Balaban J connectivity index is 3.15. The molecule has 0 N–H and O–H groups in total. The first-order valence-corrected chi connectivity index (χ1v) is 4.03. The average molecular weight is 214 g/mol. The normalized spacial score (nSPS) is 12.1. The molecule has 0 amide bonds. The van der Waals surface area contributed by atoms with Crippen molar-refractivity contribution in [2.75, 3.05) is 0 Å². The van der Waals surface area contributed by atoms with Gasteiger partial charge >= 0.3 is 0 Å². The summed E-state index contributed by atoms with van der Waals surface area (Å²) in [5.41, 5.74) is 0.910. The second-order valence-corrected chi connectivity index (χ2v) is 3.80. The highest BCUT2D eigenvalue weighted by Crippen LogP contribution is 2.36. The molecule has 0 aromatic carbocycles. The largest absolute Gasteiger partial charge is 0.299 e. The summed E-state index contributed by atoms with van der Waals surface area (Å²) in [6.45, 7) is 1.77. The van der Waals surface area contributed by atoms with Crippen molar-refractivity contribution >= 4 is 36.0 Å². The van der Waals surface area contributed by atoms with Crippen LogP contribution in [0.15, 0.2) is 12.1 Å². The van der Waals surface area contributed by atoms with E-state index >= 15 is 0 Å². The fourth-order valence-corrected chi connectivity index (χ4v) is 1.43. The maximum atomic E-state index is 12.9. The van der Waals surface area contributed by atoms with Gasteiger partial charge in [0.1, 0.15) is 0 Å². The minimum absolute atomic E-state index is 0.127. The van der Waals surface area contributed by atoms with E-state index < -0.39 is 4.59 Å². The molecular formula is C6H6Cl2FNS. The molecule has 0 atom stereocenters. The first kappa shape index (κ1) is 9.23. The number of hydrogen-bond donors (Lipinski definition) is 1. The van der Waals surface area contributed by atoms with Gasteiger partial charge in [-0.15, -0.1) is 0 Å². The van der Waals surface area contributed by atoms with Crippen LogP contribution in [0.4, 0.5) is 4.39 Å². The molecule has 1 aromatic heterocycles. The van der Waals surface area contributed by atoms with Crippen LogP contribution in [0, 0.1) is 6.92 Å². The van der Waals surface area contributed by atoms with E-state index in [-0.39, 0.29) is 5.69 Å². The van der Waals surface area contributed by atoms with Gasteiger partial charge in [-0.3, -0.25) is 3.97 Å². The molecule has 0 aliphatic heterocycles. The standard InChI is InChI=1S/C6H6Cl2FNS/c1-4-2-3-5(10(4)11)6(7,8)9/h2-3,11H,1H3. The second-order valence-electron chi connectivity index (χ2n) is 2.17. The van der Waals surface area contributed by atoms with Crippen molar-refractivity contribution in [2.45, 2.75) is 11.5 Å². The summed E-state index contributed by atoms with van der Waals surface area (Å²) in [5.74, 6) is 0. The van der Waals surface area contributed by atoms with Gasteiger partial charge in [0.25, 0.3) is 4.59 Å². The number of nitrogens with zero attached hydrogens (tertiary/aromatic N) is 1. The van der Waals surface area contributed by atoms with Gasteiger partial charge in [-0.1, -0.05) is 36.0 Å². The van der Waals surface area contributed by atoms with E-state index in [1.165, 1.54) is 10.0 Å². The summed E-state index contributed by atoms with van der Waals surface area (Å²) in [6.07, 6.45) is 0. The van der Waals surface area contributed by atoms with E-state index in [1.807, 2.05) is 0 Å². The predicted molar refractivity (Wildman–Crippen MR) is 48.0 cm³/mol. The number of aromatic nitrogens is 1. The Morgan fingerprint density at radius 3 is 2.27 bits per heavy atom. The molecule has 1 aromatic rings. The number of alkyl halides is 3. The average Bonchev–Trinajstić information content (AvgIpc) is 2.11. The van der Waals surface area contributed by atoms with E-state index in [0.717, 1.165) is 5.69 Å². The number of hydrogen-bond acceptors (Lipinski definition) is 1. The van der Waals surface area contributed by atoms with E-state index in [4.69, 9.17) is 23.2 Å². The molecule has 0 unspecified atom stereocenters. The second kappa shape index (κ2) is 2.88. The monoisotopic (exact) mass is 213 g/mol. The lowest BCUT2D eigenvalue weighted by molar-refractivity contribution is 0.395. The number of thiol groups is 1. The van der Waals surface area contributed by atoms with Crippen LogP contribution in [-0.4, -0.2) is 3.97 Å². The first-order valence-electron chi connectivity index (χ1n) is 2.87. The maximum Gasteiger partial charge on any atom is 0.299 e. The number of halogens is 3. The van der Waals surface area contributed by atoms with Crippen molar-refractivity contribution in [2.24, 2.45) is 0 Å². The van der Waals surface area contributed by atoms with Crippen LogP contribution < -0.4 is 0 Å². The summed E-state index contributed by atoms with van der Waals surface area (Å²) < 4.78 is 11.8. The number of rotatable bonds is 1. The first-order chi connectivity index (χ1) is 4.93. The Bertz CT molecular complexity index is 266. The number of aryl methyl sites for hydroxylation is 1. The van der Waals surface area contributed by atoms with Crippen molar-refractivity contribution in [1.82, 2.24) is 3.97 Å². The van der Waals surface area contributed by atoms with Crippen molar-refractivity contribution in [3.63, 3.8) is 0 Å². The summed E-state index contributed by atoms with van der Waals surface area (Å²) in [6, 6.07) is 3.17.